The van der Waals surface area contributed by atoms with Crippen molar-refractivity contribution in [1.82, 2.24) is 5.32 Å². The molecule has 0 aliphatic heterocycles. The van der Waals surface area contributed by atoms with Gasteiger partial charge < -0.3 is 5.32 Å². The van der Waals surface area contributed by atoms with Crippen molar-refractivity contribution in [3.63, 3.8) is 0 Å². The zero-order valence-electron chi connectivity index (χ0n) is 8.47. The molecule has 0 saturated carbocycles. The number of nitrogens with one attached hydrogen (secondary N) is 1. The molecule has 0 bridgehead atoms. The lowest BCUT2D eigenvalue weighted by atomic mass is 10.1. The molecule has 1 N–H and O–H groups in total. The van der Waals surface area contributed by atoms with Gasteiger partial charge in [0.2, 0.25) is 0 Å². The molecule has 15 heavy (non-hydrogen) atoms. The topological polar surface area (TPSA) is 12.0 Å². The molecule has 0 fully saturated rings. The summed E-state index contributed by atoms with van der Waals surface area (Å²) in [5.41, 5.74) is 0. The van der Waals surface area contributed by atoms with E-state index in [9.17, 15) is 13.2 Å². The maximum absolute atomic E-state index is 12.1. The van der Waals surface area contributed by atoms with Crippen molar-refractivity contribution in [2.45, 2.75) is 31.5 Å². The van der Waals surface area contributed by atoms with Crippen LogP contribution < -0.4 is 5.32 Å². The zero-order chi connectivity index (χ0) is 11.3. The van der Waals surface area contributed by atoms with E-state index in [1.807, 2.05) is 17.5 Å². The number of hydrogen-bond donors (Lipinski definition) is 1. The normalized spacial score (nSPS) is 14.1. The van der Waals surface area contributed by atoms with E-state index in [0.717, 1.165) is 4.88 Å². The Balaban J connectivity index is 2.34. The van der Waals surface area contributed by atoms with Crippen LogP contribution in [0.1, 0.15) is 17.7 Å². The second-order valence-electron chi connectivity index (χ2n) is 3.42. The summed E-state index contributed by atoms with van der Waals surface area (Å²) in [6.45, 7) is 0. The quantitative estimate of drug-likeness (QED) is 0.829. The van der Waals surface area contributed by atoms with Gasteiger partial charge in [0.05, 0.1) is 6.42 Å². The zero-order valence-corrected chi connectivity index (χ0v) is 9.29. The van der Waals surface area contributed by atoms with Crippen LogP contribution in [0.3, 0.4) is 0 Å². The van der Waals surface area contributed by atoms with Crippen molar-refractivity contribution in [1.29, 1.82) is 0 Å². The Morgan fingerprint density at radius 2 is 2.20 bits per heavy atom. The van der Waals surface area contributed by atoms with E-state index >= 15 is 0 Å². The third kappa shape index (κ3) is 5.18. The molecule has 0 aliphatic carbocycles. The summed E-state index contributed by atoms with van der Waals surface area (Å²) in [6, 6.07) is 3.38. The Morgan fingerprint density at radius 1 is 1.47 bits per heavy atom. The summed E-state index contributed by atoms with van der Waals surface area (Å²) in [7, 11) is 1.57. The summed E-state index contributed by atoms with van der Waals surface area (Å²) in [6.07, 6.45) is -3.60. The monoisotopic (exact) mass is 237 g/mol. The molecule has 1 heterocycles. The number of aryl methyl sites for hydroxylation is 1. The van der Waals surface area contributed by atoms with Crippen LogP contribution >= 0.6 is 11.3 Å². The van der Waals surface area contributed by atoms with E-state index in [2.05, 4.69) is 5.32 Å². The molecule has 1 unspecified atom stereocenters. The Bertz CT molecular complexity index is 269. The van der Waals surface area contributed by atoms with E-state index in [0.29, 0.717) is 12.8 Å². The minimum Gasteiger partial charge on any atom is -0.317 e. The molecule has 5 heteroatoms. The van der Waals surface area contributed by atoms with Crippen molar-refractivity contribution in [3.8, 4) is 0 Å². The van der Waals surface area contributed by atoms with Crippen LogP contribution in [-0.2, 0) is 6.42 Å². The number of rotatable bonds is 5. The van der Waals surface area contributed by atoms with E-state index < -0.39 is 18.6 Å². The van der Waals surface area contributed by atoms with Crippen molar-refractivity contribution >= 4 is 11.3 Å². The summed E-state index contributed by atoms with van der Waals surface area (Å²) in [5, 5.41) is 4.64. The molecule has 1 rings (SSSR count). The van der Waals surface area contributed by atoms with E-state index in [1.54, 1.807) is 18.4 Å². The molecule has 0 aliphatic rings. The Hall–Kier alpha value is -0.550. The molecule has 0 aromatic carbocycles. The molecular weight excluding hydrogens is 223 g/mol. The van der Waals surface area contributed by atoms with Gasteiger partial charge in [0.15, 0.2) is 0 Å². The number of thiophene rings is 1. The van der Waals surface area contributed by atoms with Gasteiger partial charge in [0, 0.05) is 10.9 Å². The van der Waals surface area contributed by atoms with Gasteiger partial charge in [0.25, 0.3) is 0 Å². The number of halogens is 3. The molecular formula is C10H14F3NS. The van der Waals surface area contributed by atoms with Crippen LogP contribution in [0.2, 0.25) is 0 Å². The number of hydrogen-bond acceptors (Lipinski definition) is 2. The van der Waals surface area contributed by atoms with Crippen molar-refractivity contribution in [2.75, 3.05) is 7.05 Å². The highest BCUT2D eigenvalue weighted by Gasteiger charge is 2.30. The summed E-state index contributed by atoms with van der Waals surface area (Å²) in [5.74, 6) is 0. The molecule has 1 atom stereocenters. The standard InChI is InChI=1S/C10H14F3NS/c1-14-8(7-10(11,12)13)4-5-9-3-2-6-15-9/h2-3,6,8,14H,4-5,7H2,1H3. The third-order valence-corrected chi connectivity index (χ3v) is 3.14. The van der Waals surface area contributed by atoms with Crippen LogP contribution in [0.25, 0.3) is 0 Å². The summed E-state index contributed by atoms with van der Waals surface area (Å²) < 4.78 is 36.4. The molecule has 0 saturated heterocycles. The average molecular weight is 237 g/mol. The largest absolute Gasteiger partial charge is 0.390 e. The Morgan fingerprint density at radius 3 is 2.67 bits per heavy atom. The van der Waals surface area contributed by atoms with Crippen LogP contribution in [-0.4, -0.2) is 19.3 Å². The molecule has 1 nitrogen and oxygen atoms in total. The summed E-state index contributed by atoms with van der Waals surface area (Å²) in [4.78, 5) is 1.14. The first kappa shape index (κ1) is 12.5. The fourth-order valence-electron chi connectivity index (χ4n) is 1.40. The predicted octanol–water partition coefficient (Wildman–Crippen LogP) is 3.22. The highest BCUT2D eigenvalue weighted by Crippen LogP contribution is 2.23. The smallest absolute Gasteiger partial charge is 0.317 e. The second-order valence-corrected chi connectivity index (χ2v) is 4.46. The number of alkyl halides is 3. The first-order valence-corrected chi connectivity index (χ1v) is 5.65. The van der Waals surface area contributed by atoms with Crippen LogP contribution in [0.15, 0.2) is 17.5 Å². The van der Waals surface area contributed by atoms with Gasteiger partial charge >= 0.3 is 6.18 Å². The van der Waals surface area contributed by atoms with Crippen molar-refractivity contribution in [2.24, 2.45) is 0 Å². The van der Waals surface area contributed by atoms with Crippen molar-refractivity contribution in [3.05, 3.63) is 22.4 Å². The lowest BCUT2D eigenvalue weighted by Crippen LogP contribution is -2.31. The van der Waals surface area contributed by atoms with Gasteiger partial charge in [-0.1, -0.05) is 6.07 Å². The molecule has 86 valence electrons. The summed E-state index contributed by atoms with van der Waals surface area (Å²) >= 11 is 1.58. The first-order valence-electron chi connectivity index (χ1n) is 4.77. The van der Waals surface area contributed by atoms with Crippen LogP contribution in [0.5, 0.6) is 0 Å². The first-order chi connectivity index (χ1) is 7.01. The third-order valence-electron chi connectivity index (χ3n) is 2.21. The molecule has 0 amide bonds. The van der Waals surface area contributed by atoms with Gasteiger partial charge in [-0.3, -0.25) is 0 Å². The van der Waals surface area contributed by atoms with Gasteiger partial charge in [-0.05, 0) is 31.3 Å². The van der Waals surface area contributed by atoms with Gasteiger partial charge in [-0.2, -0.15) is 13.2 Å². The average Bonchev–Trinajstić information content (AvgIpc) is 2.62. The molecule has 0 radical (unpaired) electrons. The predicted molar refractivity (Wildman–Crippen MR) is 56.2 cm³/mol. The Kier molecular flexibility index (Phi) is 4.60. The molecule has 1 aromatic heterocycles. The van der Waals surface area contributed by atoms with Crippen LogP contribution in [0, 0.1) is 0 Å². The van der Waals surface area contributed by atoms with Crippen LogP contribution in [0.4, 0.5) is 13.2 Å². The minimum absolute atomic E-state index is 0.480. The van der Waals surface area contributed by atoms with Crippen molar-refractivity contribution < 1.29 is 13.2 Å². The highest BCUT2D eigenvalue weighted by molar-refractivity contribution is 7.09. The maximum atomic E-state index is 12.1. The second kappa shape index (κ2) is 5.51. The highest BCUT2D eigenvalue weighted by atomic mass is 32.1. The molecule has 1 aromatic rings. The van der Waals surface area contributed by atoms with E-state index in [4.69, 9.17) is 0 Å². The van der Waals surface area contributed by atoms with Gasteiger partial charge in [-0.15, -0.1) is 11.3 Å². The van der Waals surface area contributed by atoms with E-state index in [-0.39, 0.29) is 0 Å². The fraction of sp³-hybridized carbons (Fsp3) is 0.600. The Labute approximate surface area is 91.3 Å². The van der Waals surface area contributed by atoms with Gasteiger partial charge in [-0.25, -0.2) is 0 Å². The molecule has 0 spiro atoms. The van der Waals surface area contributed by atoms with E-state index in [1.165, 1.54) is 0 Å². The lowest BCUT2D eigenvalue weighted by molar-refractivity contribution is -0.140. The fourth-order valence-corrected chi connectivity index (χ4v) is 2.12. The maximum Gasteiger partial charge on any atom is 0.390 e. The lowest BCUT2D eigenvalue weighted by Gasteiger charge is -2.17. The SMILES string of the molecule is CNC(CCc1cccs1)CC(F)(F)F. The van der Waals surface area contributed by atoms with Gasteiger partial charge in [0.1, 0.15) is 0 Å². The minimum atomic E-state index is -4.08.